The minimum Gasteiger partial charge on any atom is -0.410 e. The number of carbonyl (C=O) groups is 1. The van der Waals surface area contributed by atoms with Crippen LogP contribution in [-0.4, -0.2) is 16.8 Å². The van der Waals surface area contributed by atoms with E-state index in [1.54, 1.807) is 19.1 Å². The van der Waals surface area contributed by atoms with Crippen molar-refractivity contribution in [1.82, 2.24) is 5.32 Å². The summed E-state index contributed by atoms with van der Waals surface area (Å²) < 4.78 is 18.0. The maximum Gasteiger partial charge on any atom is 0.412 e. The third-order valence-electron chi connectivity index (χ3n) is 3.28. The zero-order chi connectivity index (χ0) is 18.4. The first kappa shape index (κ1) is 18.7. The first-order valence-electron chi connectivity index (χ1n) is 7.52. The molecule has 25 heavy (non-hydrogen) atoms. The molecule has 0 aliphatic rings. The van der Waals surface area contributed by atoms with Crippen molar-refractivity contribution < 1.29 is 18.8 Å². The van der Waals surface area contributed by atoms with Crippen molar-refractivity contribution >= 4 is 23.5 Å². The first-order chi connectivity index (χ1) is 11.9. The molecule has 2 aromatic carbocycles. The molecule has 0 radical (unpaired) electrons. The molecule has 0 unspecified atom stereocenters. The van der Waals surface area contributed by atoms with E-state index in [4.69, 9.17) is 4.74 Å². The molecule has 0 atom stereocenters. The molecule has 1 N–H and O–H groups in total. The van der Waals surface area contributed by atoms with Gasteiger partial charge in [-0.3, -0.25) is 10.1 Å². The number of carbonyl (C=O) groups excluding carboxylic acids is 1. The van der Waals surface area contributed by atoms with Crippen LogP contribution in [0.25, 0.3) is 0 Å². The number of nitro benzene ring substituents is 1. The van der Waals surface area contributed by atoms with Crippen molar-refractivity contribution in [2.75, 3.05) is 5.75 Å². The fourth-order valence-corrected chi connectivity index (χ4v) is 3.08. The number of rotatable bonds is 6. The third kappa shape index (κ3) is 5.18. The molecule has 0 aliphatic carbocycles. The Morgan fingerprint density at radius 1 is 1.32 bits per heavy atom. The Morgan fingerprint density at radius 2 is 2.00 bits per heavy atom. The number of ether oxygens (including phenoxy) is 1. The molecule has 0 heterocycles. The molecule has 0 aromatic heterocycles. The molecule has 2 rings (SSSR count). The van der Waals surface area contributed by atoms with Gasteiger partial charge in [0.25, 0.3) is 5.69 Å². The second kappa shape index (κ2) is 8.48. The highest BCUT2D eigenvalue weighted by atomic mass is 32.2. The largest absolute Gasteiger partial charge is 0.412 e. The van der Waals surface area contributed by atoms with Crippen molar-refractivity contribution in [2.45, 2.75) is 25.3 Å². The van der Waals surface area contributed by atoms with Gasteiger partial charge in [-0.15, -0.1) is 11.8 Å². The van der Waals surface area contributed by atoms with E-state index in [1.165, 1.54) is 36.0 Å². The molecule has 0 saturated heterocycles. The lowest BCUT2D eigenvalue weighted by atomic mass is 10.2. The Labute approximate surface area is 148 Å². The van der Waals surface area contributed by atoms with E-state index in [0.717, 1.165) is 5.56 Å². The summed E-state index contributed by atoms with van der Waals surface area (Å²) in [5.74, 6) is 0.532. The summed E-state index contributed by atoms with van der Waals surface area (Å²) in [6.07, 6.45) is -0.690. The number of benzene rings is 2. The zero-order valence-electron chi connectivity index (χ0n) is 13.7. The van der Waals surface area contributed by atoms with E-state index in [-0.39, 0.29) is 23.8 Å². The predicted molar refractivity (Wildman–Crippen MR) is 93.5 cm³/mol. The highest BCUT2D eigenvalue weighted by Gasteiger charge is 2.20. The van der Waals surface area contributed by atoms with E-state index in [0.29, 0.717) is 16.2 Å². The highest BCUT2D eigenvalue weighted by molar-refractivity contribution is 7.99. The van der Waals surface area contributed by atoms with E-state index < -0.39 is 11.0 Å². The Bertz CT molecular complexity index is 781. The quantitative estimate of drug-likeness (QED) is 0.465. The number of halogens is 1. The molecule has 0 spiro atoms. The monoisotopic (exact) mass is 364 g/mol. The number of nitrogens with zero attached hydrogens (tertiary/aromatic N) is 1. The number of hydrogen-bond donors (Lipinski definition) is 1. The van der Waals surface area contributed by atoms with Gasteiger partial charge in [-0.05, 0) is 36.4 Å². The van der Waals surface area contributed by atoms with Crippen LogP contribution < -0.4 is 10.1 Å². The van der Waals surface area contributed by atoms with E-state index >= 15 is 0 Å². The molecular formula is C17H17FN2O4S. The van der Waals surface area contributed by atoms with Crippen LogP contribution in [0.2, 0.25) is 0 Å². The van der Waals surface area contributed by atoms with Gasteiger partial charge in [0.05, 0.1) is 9.82 Å². The lowest BCUT2D eigenvalue weighted by Crippen LogP contribution is -2.26. The maximum absolute atomic E-state index is 12.8. The van der Waals surface area contributed by atoms with Crippen LogP contribution in [0.4, 0.5) is 14.9 Å². The van der Waals surface area contributed by atoms with Gasteiger partial charge in [-0.25, -0.2) is 9.18 Å². The second-order valence-electron chi connectivity index (χ2n) is 5.15. The van der Waals surface area contributed by atoms with Gasteiger partial charge >= 0.3 is 6.09 Å². The van der Waals surface area contributed by atoms with Gasteiger partial charge in [-0.2, -0.15) is 0 Å². The summed E-state index contributed by atoms with van der Waals surface area (Å²) in [5, 5.41) is 13.7. The Hall–Kier alpha value is -2.61. The van der Waals surface area contributed by atoms with Crippen LogP contribution in [0.15, 0.2) is 41.3 Å². The van der Waals surface area contributed by atoms with Crippen molar-refractivity contribution in [2.24, 2.45) is 0 Å². The van der Waals surface area contributed by atoms with Crippen molar-refractivity contribution in [3.05, 3.63) is 63.5 Å². The van der Waals surface area contributed by atoms with Crippen LogP contribution in [0.3, 0.4) is 0 Å². The minimum absolute atomic E-state index is 0.0194. The number of thioether (sulfide) groups is 1. The fraction of sp³-hybridized carbons (Fsp3) is 0.235. The number of hydrogen-bond acceptors (Lipinski definition) is 5. The fourth-order valence-electron chi connectivity index (χ4n) is 2.19. The van der Waals surface area contributed by atoms with E-state index in [9.17, 15) is 19.3 Å². The number of amides is 1. The smallest absolute Gasteiger partial charge is 0.410 e. The topological polar surface area (TPSA) is 81.5 Å². The minimum atomic E-state index is -0.690. The second-order valence-corrected chi connectivity index (χ2v) is 6.45. The predicted octanol–water partition coefficient (Wildman–Crippen LogP) is 4.44. The SMILES string of the molecule is CCSc1cc(OC(=O)NCc2ccc(F)cc2)cc(C)c1[N+](=O)[O-]. The van der Waals surface area contributed by atoms with E-state index in [1.807, 2.05) is 6.92 Å². The number of nitrogens with one attached hydrogen (secondary N) is 1. The van der Waals surface area contributed by atoms with Gasteiger partial charge in [-0.1, -0.05) is 19.1 Å². The molecule has 0 bridgehead atoms. The van der Waals surface area contributed by atoms with Gasteiger partial charge in [0, 0.05) is 18.2 Å². The summed E-state index contributed by atoms with van der Waals surface area (Å²) in [7, 11) is 0. The highest BCUT2D eigenvalue weighted by Crippen LogP contribution is 2.35. The Morgan fingerprint density at radius 3 is 2.60 bits per heavy atom. The molecule has 8 heteroatoms. The summed E-state index contributed by atoms with van der Waals surface area (Å²) in [6, 6.07) is 8.65. The summed E-state index contributed by atoms with van der Waals surface area (Å²) >= 11 is 1.31. The van der Waals surface area contributed by atoms with Crippen molar-refractivity contribution in [3.63, 3.8) is 0 Å². The summed E-state index contributed by atoms with van der Waals surface area (Å²) in [5.41, 5.74) is 1.16. The molecule has 0 fully saturated rings. The molecular weight excluding hydrogens is 347 g/mol. The average molecular weight is 364 g/mol. The summed E-state index contributed by atoms with van der Waals surface area (Å²) in [6.45, 7) is 3.66. The van der Waals surface area contributed by atoms with Crippen molar-refractivity contribution in [3.8, 4) is 5.75 Å². The zero-order valence-corrected chi connectivity index (χ0v) is 14.6. The standard InChI is InChI=1S/C17H17FN2O4S/c1-3-25-15-9-14(8-11(2)16(15)20(22)23)24-17(21)19-10-12-4-6-13(18)7-5-12/h4-9H,3,10H2,1-2H3,(H,19,21). The van der Waals surface area contributed by atoms with Crippen LogP contribution in [0.1, 0.15) is 18.1 Å². The van der Waals surface area contributed by atoms with Gasteiger partial charge < -0.3 is 10.1 Å². The molecule has 0 aliphatic heterocycles. The van der Waals surface area contributed by atoms with Crippen LogP contribution in [0, 0.1) is 22.9 Å². The Balaban J connectivity index is 2.07. The van der Waals surface area contributed by atoms with Gasteiger partial charge in [0.2, 0.25) is 0 Å². The van der Waals surface area contributed by atoms with Crippen molar-refractivity contribution in [1.29, 1.82) is 0 Å². The average Bonchev–Trinajstić information content (AvgIpc) is 2.54. The van der Waals surface area contributed by atoms with Crippen LogP contribution >= 0.6 is 11.8 Å². The Kier molecular flexibility index (Phi) is 6.35. The maximum atomic E-state index is 12.8. The third-order valence-corrected chi connectivity index (χ3v) is 4.19. The number of aryl methyl sites for hydroxylation is 1. The molecule has 6 nitrogen and oxygen atoms in total. The molecule has 0 saturated carbocycles. The van der Waals surface area contributed by atoms with Crippen LogP contribution in [0.5, 0.6) is 5.75 Å². The van der Waals surface area contributed by atoms with E-state index in [2.05, 4.69) is 5.32 Å². The molecule has 1 amide bonds. The molecule has 132 valence electrons. The van der Waals surface area contributed by atoms with Gasteiger partial charge in [0.15, 0.2) is 0 Å². The normalized spacial score (nSPS) is 10.4. The lowest BCUT2D eigenvalue weighted by molar-refractivity contribution is -0.388. The summed E-state index contributed by atoms with van der Waals surface area (Å²) in [4.78, 5) is 23.1. The van der Waals surface area contributed by atoms with Crippen LogP contribution in [-0.2, 0) is 6.54 Å². The molecule has 2 aromatic rings. The number of nitro groups is 1. The lowest BCUT2D eigenvalue weighted by Gasteiger charge is -2.10. The first-order valence-corrected chi connectivity index (χ1v) is 8.51. The van der Waals surface area contributed by atoms with Gasteiger partial charge in [0.1, 0.15) is 11.6 Å².